The molecule has 1 N–H and O–H groups in total. The molecule has 0 aromatic heterocycles. The third kappa shape index (κ3) is 7.97. The Bertz CT molecular complexity index is 1440. The van der Waals surface area contributed by atoms with Gasteiger partial charge in [-0.25, -0.2) is 8.42 Å². The molecule has 2 amide bonds. The predicted molar refractivity (Wildman–Crippen MR) is 157 cm³/mol. The number of rotatable bonds is 9. The van der Waals surface area contributed by atoms with Gasteiger partial charge in [-0.05, 0) is 88.2 Å². The molecule has 0 spiro atoms. The van der Waals surface area contributed by atoms with Crippen LogP contribution in [0.2, 0.25) is 10.0 Å². The number of hydrogen-bond acceptors (Lipinski definition) is 4. The van der Waals surface area contributed by atoms with Crippen molar-refractivity contribution in [3.05, 3.63) is 94.0 Å². The first-order valence-electron chi connectivity index (χ1n) is 12.4. The zero-order chi connectivity index (χ0) is 29.0. The Hall–Kier alpha value is -3.07. The fourth-order valence-corrected chi connectivity index (χ4v) is 5.64. The van der Waals surface area contributed by atoms with Crippen molar-refractivity contribution in [2.75, 3.05) is 10.8 Å². The standard InChI is InChI=1S/C29H33Cl2N3O4S/c1-20-9-6-7-10-22(20)18-33(21(2)28(36)32-29(3,4)5)27(35)19-34(25-12-8-11-24(31)17-25)39(37,38)26-15-13-23(30)14-16-26/h6-17,21H,18-19H2,1-5H3,(H,32,36). The van der Waals surface area contributed by atoms with Gasteiger partial charge in [-0.2, -0.15) is 0 Å². The number of nitrogens with one attached hydrogen (secondary N) is 1. The minimum atomic E-state index is -4.20. The molecule has 3 aromatic rings. The Morgan fingerprint density at radius 2 is 1.56 bits per heavy atom. The van der Waals surface area contributed by atoms with Gasteiger partial charge >= 0.3 is 0 Å². The first-order valence-corrected chi connectivity index (χ1v) is 14.6. The van der Waals surface area contributed by atoms with E-state index < -0.39 is 34.1 Å². The quantitative estimate of drug-likeness (QED) is 0.340. The fraction of sp³-hybridized carbons (Fsp3) is 0.310. The highest BCUT2D eigenvalue weighted by Crippen LogP contribution is 2.27. The second kappa shape index (κ2) is 12.4. The molecular formula is C29H33Cl2N3O4S. The van der Waals surface area contributed by atoms with E-state index in [1.807, 2.05) is 52.0 Å². The largest absolute Gasteiger partial charge is 0.350 e. The summed E-state index contributed by atoms with van der Waals surface area (Å²) in [5.41, 5.74) is 1.48. The van der Waals surface area contributed by atoms with Crippen LogP contribution in [0, 0.1) is 6.92 Å². The highest BCUT2D eigenvalue weighted by molar-refractivity contribution is 7.92. The van der Waals surface area contributed by atoms with E-state index in [1.54, 1.807) is 25.1 Å². The third-order valence-corrected chi connectivity index (χ3v) is 8.32. The number of anilines is 1. The number of carbonyl (C=O) groups excluding carboxylic acids is 2. The third-order valence-electron chi connectivity index (χ3n) is 6.04. The highest BCUT2D eigenvalue weighted by atomic mass is 35.5. The number of benzene rings is 3. The van der Waals surface area contributed by atoms with Gasteiger partial charge in [0.2, 0.25) is 11.8 Å². The van der Waals surface area contributed by atoms with Gasteiger partial charge in [-0.3, -0.25) is 13.9 Å². The van der Waals surface area contributed by atoms with Crippen LogP contribution in [0.25, 0.3) is 0 Å². The van der Waals surface area contributed by atoms with Crippen molar-refractivity contribution in [3.63, 3.8) is 0 Å². The van der Waals surface area contributed by atoms with Gasteiger partial charge in [-0.15, -0.1) is 0 Å². The molecule has 1 unspecified atom stereocenters. The lowest BCUT2D eigenvalue weighted by Gasteiger charge is -2.33. The number of hydrogen-bond donors (Lipinski definition) is 1. The van der Waals surface area contributed by atoms with E-state index in [2.05, 4.69) is 5.32 Å². The molecule has 0 saturated carbocycles. The minimum absolute atomic E-state index is 0.0383. The van der Waals surface area contributed by atoms with Crippen LogP contribution in [0.4, 0.5) is 5.69 Å². The predicted octanol–water partition coefficient (Wildman–Crippen LogP) is 5.83. The molecule has 3 rings (SSSR count). The summed E-state index contributed by atoms with van der Waals surface area (Å²) < 4.78 is 28.6. The molecule has 3 aromatic carbocycles. The van der Waals surface area contributed by atoms with Crippen molar-refractivity contribution in [3.8, 4) is 0 Å². The molecule has 39 heavy (non-hydrogen) atoms. The lowest BCUT2D eigenvalue weighted by molar-refractivity contribution is -0.140. The lowest BCUT2D eigenvalue weighted by Crippen LogP contribution is -2.54. The van der Waals surface area contributed by atoms with Crippen molar-refractivity contribution in [1.82, 2.24) is 10.2 Å². The summed E-state index contributed by atoms with van der Waals surface area (Å²) in [6, 6.07) is 18.6. The number of amides is 2. The summed E-state index contributed by atoms with van der Waals surface area (Å²) in [7, 11) is -4.20. The summed E-state index contributed by atoms with van der Waals surface area (Å²) in [5.74, 6) is -0.897. The molecule has 1 atom stereocenters. The molecule has 7 nitrogen and oxygen atoms in total. The van der Waals surface area contributed by atoms with Crippen LogP contribution in [0.15, 0.2) is 77.7 Å². The summed E-state index contributed by atoms with van der Waals surface area (Å²) in [6.07, 6.45) is 0. The minimum Gasteiger partial charge on any atom is -0.350 e. The SMILES string of the molecule is Cc1ccccc1CN(C(=O)CN(c1cccc(Cl)c1)S(=O)(=O)c1ccc(Cl)cc1)C(C)C(=O)NC(C)(C)C. The van der Waals surface area contributed by atoms with E-state index in [4.69, 9.17) is 23.2 Å². The van der Waals surface area contributed by atoms with Crippen molar-refractivity contribution < 1.29 is 18.0 Å². The van der Waals surface area contributed by atoms with Crippen LogP contribution in [0.3, 0.4) is 0 Å². The maximum Gasteiger partial charge on any atom is 0.264 e. The Morgan fingerprint density at radius 1 is 0.923 bits per heavy atom. The number of nitrogens with zero attached hydrogens (tertiary/aromatic N) is 2. The van der Waals surface area contributed by atoms with Gasteiger partial charge in [-0.1, -0.05) is 53.5 Å². The van der Waals surface area contributed by atoms with Gasteiger partial charge in [0.1, 0.15) is 12.6 Å². The van der Waals surface area contributed by atoms with Gasteiger partial charge in [0.05, 0.1) is 10.6 Å². The summed E-state index contributed by atoms with van der Waals surface area (Å²) in [6.45, 7) is 8.68. The maximum atomic E-state index is 14.0. The molecule has 0 saturated heterocycles. The van der Waals surface area contributed by atoms with E-state index in [9.17, 15) is 18.0 Å². The first-order chi connectivity index (χ1) is 18.2. The number of halogens is 2. The van der Waals surface area contributed by atoms with E-state index in [0.717, 1.165) is 15.4 Å². The number of aryl methyl sites for hydroxylation is 1. The molecule has 0 radical (unpaired) electrons. The Morgan fingerprint density at radius 3 is 2.15 bits per heavy atom. The molecule has 0 fully saturated rings. The van der Waals surface area contributed by atoms with Crippen molar-refractivity contribution in [2.45, 2.75) is 57.6 Å². The highest BCUT2D eigenvalue weighted by Gasteiger charge is 2.33. The number of sulfonamides is 1. The van der Waals surface area contributed by atoms with Crippen molar-refractivity contribution in [2.24, 2.45) is 0 Å². The van der Waals surface area contributed by atoms with Crippen molar-refractivity contribution in [1.29, 1.82) is 0 Å². The summed E-state index contributed by atoms with van der Waals surface area (Å²) in [5, 5.41) is 3.60. The van der Waals surface area contributed by atoms with Crippen LogP contribution < -0.4 is 9.62 Å². The van der Waals surface area contributed by atoms with Crippen LogP contribution in [-0.2, 0) is 26.2 Å². The molecule has 0 bridgehead atoms. The van der Waals surface area contributed by atoms with Crippen LogP contribution in [0.5, 0.6) is 0 Å². The second-order valence-electron chi connectivity index (χ2n) is 10.3. The van der Waals surface area contributed by atoms with Gasteiger partial charge in [0.25, 0.3) is 10.0 Å². The monoisotopic (exact) mass is 589 g/mol. The fourth-order valence-electron chi connectivity index (χ4n) is 3.92. The van der Waals surface area contributed by atoms with Gasteiger partial charge in [0.15, 0.2) is 0 Å². The van der Waals surface area contributed by atoms with E-state index in [1.165, 1.54) is 35.2 Å². The van der Waals surface area contributed by atoms with Crippen molar-refractivity contribution >= 4 is 50.7 Å². The van der Waals surface area contributed by atoms with Gasteiger partial charge < -0.3 is 10.2 Å². The number of carbonyl (C=O) groups is 2. The molecule has 208 valence electrons. The average molecular weight is 591 g/mol. The molecule has 0 aliphatic heterocycles. The Labute approximate surface area is 240 Å². The maximum absolute atomic E-state index is 14.0. The van der Waals surface area contributed by atoms with Crippen LogP contribution in [-0.4, -0.2) is 43.3 Å². The van der Waals surface area contributed by atoms with Crippen LogP contribution in [0.1, 0.15) is 38.8 Å². The van der Waals surface area contributed by atoms with Crippen LogP contribution >= 0.6 is 23.2 Å². The average Bonchev–Trinajstić information content (AvgIpc) is 2.85. The van der Waals surface area contributed by atoms with E-state index in [-0.39, 0.29) is 23.0 Å². The molecule has 0 aliphatic rings. The summed E-state index contributed by atoms with van der Waals surface area (Å²) >= 11 is 12.2. The second-order valence-corrected chi connectivity index (χ2v) is 13.0. The van der Waals surface area contributed by atoms with E-state index in [0.29, 0.717) is 10.0 Å². The Balaban J connectivity index is 2.05. The molecule has 10 heteroatoms. The topological polar surface area (TPSA) is 86.8 Å². The first kappa shape index (κ1) is 30.5. The molecule has 0 heterocycles. The molecular weight excluding hydrogens is 557 g/mol. The van der Waals surface area contributed by atoms with E-state index >= 15 is 0 Å². The molecule has 0 aliphatic carbocycles. The zero-order valence-electron chi connectivity index (χ0n) is 22.6. The smallest absolute Gasteiger partial charge is 0.264 e. The summed E-state index contributed by atoms with van der Waals surface area (Å²) in [4.78, 5) is 28.5. The zero-order valence-corrected chi connectivity index (χ0v) is 24.9. The Kier molecular flexibility index (Phi) is 9.69. The lowest BCUT2D eigenvalue weighted by atomic mass is 10.1. The van der Waals surface area contributed by atoms with Gasteiger partial charge in [0, 0.05) is 22.1 Å². The normalized spacial score (nSPS) is 12.5.